The predicted octanol–water partition coefficient (Wildman–Crippen LogP) is 2.72. The van der Waals surface area contributed by atoms with Crippen LogP contribution in [0.3, 0.4) is 0 Å². The summed E-state index contributed by atoms with van der Waals surface area (Å²) >= 11 is 0. The summed E-state index contributed by atoms with van der Waals surface area (Å²) in [6.45, 7) is 1.01. The molecule has 0 fully saturated rings. The zero-order chi connectivity index (χ0) is 14.2. The van der Waals surface area contributed by atoms with Crippen molar-refractivity contribution in [1.29, 1.82) is 0 Å². The molecule has 0 amide bonds. The van der Waals surface area contributed by atoms with Crippen LogP contribution in [0.4, 0.5) is 5.69 Å². The van der Waals surface area contributed by atoms with Crippen molar-refractivity contribution in [2.24, 2.45) is 5.73 Å². The van der Waals surface area contributed by atoms with Crippen molar-refractivity contribution in [2.45, 2.75) is 18.9 Å². The molecule has 0 saturated carbocycles. The van der Waals surface area contributed by atoms with Gasteiger partial charge in [0.15, 0.2) is 0 Å². The minimum absolute atomic E-state index is 0.101. The molecule has 1 unspecified atom stereocenters. The molecule has 3 heteroatoms. The molecule has 4 N–H and O–H groups in total. The van der Waals surface area contributed by atoms with E-state index in [1.54, 1.807) is 0 Å². The molecule has 0 bridgehead atoms. The normalized spacial score (nSPS) is 12.1. The Bertz CT molecular complexity index is 513. The molecule has 0 aliphatic carbocycles. The van der Waals surface area contributed by atoms with E-state index in [0.29, 0.717) is 6.42 Å². The SMILES string of the molecule is NC(CCO)c1cccc(NCCc2ccccc2)c1. The van der Waals surface area contributed by atoms with Crippen LogP contribution in [0.5, 0.6) is 0 Å². The van der Waals surface area contributed by atoms with Crippen molar-refractivity contribution in [3.05, 3.63) is 65.7 Å². The minimum atomic E-state index is -0.101. The standard InChI is InChI=1S/C17H22N2O/c18-17(10-12-20)15-7-4-8-16(13-15)19-11-9-14-5-2-1-3-6-14/h1-8,13,17,19-20H,9-12,18H2. The van der Waals surface area contributed by atoms with Gasteiger partial charge in [0.05, 0.1) is 0 Å². The van der Waals surface area contributed by atoms with Crippen LogP contribution in [0.1, 0.15) is 23.6 Å². The van der Waals surface area contributed by atoms with E-state index in [2.05, 4.69) is 35.6 Å². The van der Waals surface area contributed by atoms with Crippen molar-refractivity contribution >= 4 is 5.69 Å². The molecule has 0 spiro atoms. The van der Waals surface area contributed by atoms with Crippen LogP contribution in [0.15, 0.2) is 54.6 Å². The Kier molecular flexibility index (Phi) is 5.59. The molecule has 0 heterocycles. The second-order valence-electron chi connectivity index (χ2n) is 4.91. The van der Waals surface area contributed by atoms with E-state index in [0.717, 1.165) is 24.2 Å². The van der Waals surface area contributed by atoms with Crippen molar-refractivity contribution in [3.8, 4) is 0 Å². The number of nitrogens with two attached hydrogens (primary N) is 1. The number of hydrogen-bond acceptors (Lipinski definition) is 3. The summed E-state index contributed by atoms with van der Waals surface area (Å²) in [5.74, 6) is 0. The zero-order valence-corrected chi connectivity index (χ0v) is 11.6. The molecule has 0 saturated heterocycles. The van der Waals surface area contributed by atoms with Crippen molar-refractivity contribution in [1.82, 2.24) is 0 Å². The van der Waals surface area contributed by atoms with Crippen LogP contribution < -0.4 is 11.1 Å². The summed E-state index contributed by atoms with van der Waals surface area (Å²) in [6.07, 6.45) is 1.58. The predicted molar refractivity (Wildman–Crippen MR) is 83.7 cm³/mol. The third-order valence-electron chi connectivity index (χ3n) is 3.34. The van der Waals surface area contributed by atoms with Crippen LogP contribution in [0.25, 0.3) is 0 Å². The fraction of sp³-hybridized carbons (Fsp3) is 0.294. The Balaban J connectivity index is 1.88. The van der Waals surface area contributed by atoms with Gasteiger partial charge >= 0.3 is 0 Å². The van der Waals surface area contributed by atoms with Gasteiger partial charge in [0.25, 0.3) is 0 Å². The van der Waals surface area contributed by atoms with E-state index in [1.165, 1.54) is 5.56 Å². The Hall–Kier alpha value is -1.84. The minimum Gasteiger partial charge on any atom is -0.396 e. The monoisotopic (exact) mass is 270 g/mol. The molecule has 0 radical (unpaired) electrons. The Morgan fingerprint density at radius 2 is 1.85 bits per heavy atom. The van der Waals surface area contributed by atoms with E-state index < -0.39 is 0 Å². The number of anilines is 1. The summed E-state index contributed by atoms with van der Waals surface area (Å²) in [7, 11) is 0. The summed E-state index contributed by atoms with van der Waals surface area (Å²) in [6, 6.07) is 18.4. The fourth-order valence-corrected chi connectivity index (χ4v) is 2.18. The number of rotatable bonds is 7. The van der Waals surface area contributed by atoms with Crippen LogP contribution in [0.2, 0.25) is 0 Å². The molecule has 20 heavy (non-hydrogen) atoms. The van der Waals surface area contributed by atoms with Gasteiger partial charge in [-0.2, -0.15) is 0 Å². The Morgan fingerprint density at radius 3 is 2.60 bits per heavy atom. The van der Waals surface area contributed by atoms with Crippen molar-refractivity contribution in [3.63, 3.8) is 0 Å². The summed E-state index contributed by atoms with van der Waals surface area (Å²) < 4.78 is 0. The van der Waals surface area contributed by atoms with Crippen LogP contribution in [0, 0.1) is 0 Å². The molecule has 1 atom stereocenters. The fourth-order valence-electron chi connectivity index (χ4n) is 2.18. The lowest BCUT2D eigenvalue weighted by molar-refractivity contribution is 0.276. The average Bonchev–Trinajstić information content (AvgIpc) is 2.49. The van der Waals surface area contributed by atoms with Crippen LogP contribution in [-0.2, 0) is 6.42 Å². The third kappa shape index (κ3) is 4.37. The molecular formula is C17H22N2O. The number of aliphatic hydroxyl groups is 1. The maximum Gasteiger partial charge on any atom is 0.0449 e. The van der Waals surface area contributed by atoms with Gasteiger partial charge in [-0.3, -0.25) is 0 Å². The van der Waals surface area contributed by atoms with Gasteiger partial charge in [-0.25, -0.2) is 0 Å². The largest absolute Gasteiger partial charge is 0.396 e. The van der Waals surface area contributed by atoms with E-state index in [1.807, 2.05) is 24.3 Å². The van der Waals surface area contributed by atoms with Gasteiger partial charge in [0.2, 0.25) is 0 Å². The molecule has 0 aliphatic heterocycles. The van der Waals surface area contributed by atoms with E-state index in [9.17, 15) is 0 Å². The van der Waals surface area contributed by atoms with Gasteiger partial charge in [0.1, 0.15) is 0 Å². The Labute approximate surface area is 120 Å². The van der Waals surface area contributed by atoms with Gasteiger partial charge in [-0.05, 0) is 36.1 Å². The summed E-state index contributed by atoms with van der Waals surface area (Å²) in [5.41, 5.74) is 9.47. The third-order valence-corrected chi connectivity index (χ3v) is 3.34. The number of hydrogen-bond donors (Lipinski definition) is 3. The number of nitrogens with one attached hydrogen (secondary N) is 1. The van der Waals surface area contributed by atoms with Crippen LogP contribution >= 0.6 is 0 Å². The first-order valence-corrected chi connectivity index (χ1v) is 7.04. The van der Waals surface area contributed by atoms with Gasteiger partial charge in [0, 0.05) is 24.9 Å². The quantitative estimate of drug-likeness (QED) is 0.725. The summed E-state index contributed by atoms with van der Waals surface area (Å²) in [5, 5.41) is 12.4. The highest BCUT2D eigenvalue weighted by atomic mass is 16.3. The molecule has 106 valence electrons. The number of benzene rings is 2. The van der Waals surface area contributed by atoms with Crippen molar-refractivity contribution < 1.29 is 5.11 Å². The van der Waals surface area contributed by atoms with Gasteiger partial charge in [-0.15, -0.1) is 0 Å². The zero-order valence-electron chi connectivity index (χ0n) is 11.6. The first kappa shape index (κ1) is 14.6. The van der Waals surface area contributed by atoms with Crippen molar-refractivity contribution in [2.75, 3.05) is 18.5 Å². The highest BCUT2D eigenvalue weighted by Crippen LogP contribution is 2.18. The molecule has 0 aromatic heterocycles. The topological polar surface area (TPSA) is 58.3 Å². The number of aliphatic hydroxyl groups excluding tert-OH is 1. The maximum absolute atomic E-state index is 8.94. The van der Waals surface area contributed by atoms with E-state index >= 15 is 0 Å². The highest BCUT2D eigenvalue weighted by Gasteiger charge is 2.05. The van der Waals surface area contributed by atoms with Gasteiger partial charge < -0.3 is 16.2 Å². The highest BCUT2D eigenvalue weighted by molar-refractivity contribution is 5.46. The van der Waals surface area contributed by atoms with Crippen LogP contribution in [-0.4, -0.2) is 18.3 Å². The average molecular weight is 270 g/mol. The molecule has 3 nitrogen and oxygen atoms in total. The van der Waals surface area contributed by atoms with Gasteiger partial charge in [-0.1, -0.05) is 42.5 Å². The second-order valence-corrected chi connectivity index (χ2v) is 4.91. The van der Waals surface area contributed by atoms with E-state index in [4.69, 9.17) is 10.8 Å². The molecule has 2 rings (SSSR count). The first-order chi connectivity index (χ1) is 9.79. The lowest BCUT2D eigenvalue weighted by Crippen LogP contribution is -2.12. The molecule has 0 aliphatic rings. The molecule has 2 aromatic carbocycles. The lowest BCUT2D eigenvalue weighted by Gasteiger charge is -2.13. The van der Waals surface area contributed by atoms with E-state index in [-0.39, 0.29) is 12.6 Å². The molecular weight excluding hydrogens is 248 g/mol. The second kappa shape index (κ2) is 7.68. The Morgan fingerprint density at radius 1 is 1.05 bits per heavy atom. The lowest BCUT2D eigenvalue weighted by atomic mass is 10.0. The first-order valence-electron chi connectivity index (χ1n) is 7.04. The summed E-state index contributed by atoms with van der Waals surface area (Å²) in [4.78, 5) is 0. The molecule has 2 aromatic rings. The smallest absolute Gasteiger partial charge is 0.0449 e. The maximum atomic E-state index is 8.94.